The Hall–Kier alpha value is -1.60. The maximum Gasteiger partial charge on any atom is 0.104 e. The van der Waals surface area contributed by atoms with Gasteiger partial charge in [-0.3, -0.25) is 0 Å². The number of hydrogen-bond donors (Lipinski definition) is 0. The fourth-order valence-corrected chi connectivity index (χ4v) is 10.2. The van der Waals surface area contributed by atoms with E-state index in [1.165, 1.54) is 320 Å². The number of benzene rings is 1. The van der Waals surface area contributed by atoms with E-state index in [0.717, 1.165) is 0 Å². The Balaban J connectivity index is 2.48. The fraction of sp³-hybridized carbons (Fsp3) is 0.812. The van der Waals surface area contributed by atoms with Crippen molar-refractivity contribution in [3.63, 3.8) is 0 Å². The van der Waals surface area contributed by atoms with Crippen molar-refractivity contribution in [2.75, 3.05) is 19.6 Å². The van der Waals surface area contributed by atoms with Gasteiger partial charge in [0, 0.05) is 5.56 Å². The highest BCUT2D eigenvalue weighted by atomic mass is 15.3. The molecule has 1 nitrogen and oxygen atoms in total. The zero-order valence-electron chi connectivity index (χ0n) is 44.9. The topological polar surface area (TPSA) is 0 Å². The number of rotatable bonds is 53. The molecular formula is C64H118N+. The van der Waals surface area contributed by atoms with Crippen LogP contribution in [0.2, 0.25) is 0 Å². The van der Waals surface area contributed by atoms with Gasteiger partial charge in [-0.05, 0) is 116 Å². The lowest BCUT2D eigenvalue weighted by Crippen LogP contribution is -2.49. The van der Waals surface area contributed by atoms with E-state index in [9.17, 15) is 0 Å². The summed E-state index contributed by atoms with van der Waals surface area (Å²) in [5, 5.41) is 0. The molecule has 0 amide bonds. The molecule has 1 aromatic carbocycles. The van der Waals surface area contributed by atoms with E-state index >= 15 is 0 Å². The molecule has 0 aliphatic carbocycles. The van der Waals surface area contributed by atoms with Gasteiger partial charge < -0.3 is 4.48 Å². The molecule has 0 fully saturated rings. The summed E-state index contributed by atoms with van der Waals surface area (Å²) < 4.78 is 1.34. The number of nitrogens with zero attached hydrogens (tertiary/aromatic N) is 1. The zero-order chi connectivity index (χ0) is 46.5. The molecule has 0 unspecified atom stereocenters. The third-order valence-electron chi connectivity index (χ3n) is 14.5. The lowest BCUT2D eigenvalue weighted by Gasteiger charge is -2.39. The summed E-state index contributed by atoms with van der Waals surface area (Å²) >= 11 is 0. The molecule has 1 aromatic rings. The third-order valence-corrected chi connectivity index (χ3v) is 14.5. The van der Waals surface area contributed by atoms with Crippen LogP contribution in [0.5, 0.6) is 0 Å². The minimum Gasteiger partial charge on any atom is -0.320 e. The SMILES string of the molecule is CCCCCCC/C=C/CCCCCCCCCC[N+](CCCCCCCCCC/C=C/CCCCCCC)(CCCCCCCCCC/C=C/CCCCCCC)Cc1ccccc1. The molecule has 0 saturated carbocycles. The second-order valence-corrected chi connectivity index (χ2v) is 21.0. The summed E-state index contributed by atoms with van der Waals surface area (Å²) in [6.45, 7) is 12.3. The van der Waals surface area contributed by atoms with Gasteiger partial charge in [0.15, 0.2) is 0 Å². The van der Waals surface area contributed by atoms with Crippen LogP contribution in [-0.2, 0) is 6.54 Å². The van der Waals surface area contributed by atoms with Crippen LogP contribution in [0.1, 0.15) is 315 Å². The van der Waals surface area contributed by atoms with E-state index in [4.69, 9.17) is 0 Å². The van der Waals surface area contributed by atoms with Crippen molar-refractivity contribution in [2.24, 2.45) is 0 Å². The number of hydrogen-bond acceptors (Lipinski definition) is 0. The number of unbranched alkanes of at least 4 members (excludes halogenated alkanes) is 39. The predicted octanol–water partition coefficient (Wildman–Crippen LogP) is 22.3. The summed E-state index contributed by atoms with van der Waals surface area (Å²) in [6, 6.07) is 11.6. The normalized spacial score (nSPS) is 12.3. The molecule has 0 N–H and O–H groups in total. The standard InChI is InChI=1S/C64H118N/c1-4-7-10-13-16-19-22-25-28-31-34-37-40-43-46-49-55-60-65(63-64-58-53-52-54-59-64,61-56-50-47-44-41-38-35-32-29-26-23-20-17-14-11-8-5-2)62-57-51-48-45-42-39-36-33-30-27-24-21-18-15-12-9-6-3/h22-27,52-54,58-59H,4-21,28-51,55-57,60-63H2,1-3H3/q+1/b25-22+,26-23+,27-24+. The van der Waals surface area contributed by atoms with Gasteiger partial charge in [0.1, 0.15) is 6.54 Å². The van der Waals surface area contributed by atoms with Crippen molar-refractivity contribution in [3.8, 4) is 0 Å². The van der Waals surface area contributed by atoms with E-state index in [-0.39, 0.29) is 0 Å². The molecule has 0 bridgehead atoms. The van der Waals surface area contributed by atoms with Crippen LogP contribution >= 0.6 is 0 Å². The van der Waals surface area contributed by atoms with Crippen molar-refractivity contribution < 1.29 is 4.48 Å². The van der Waals surface area contributed by atoms with E-state index in [1.54, 1.807) is 5.56 Å². The first-order valence-electron chi connectivity index (χ1n) is 30.1. The summed E-state index contributed by atoms with van der Waals surface area (Å²) in [5.74, 6) is 0. The van der Waals surface area contributed by atoms with Gasteiger partial charge in [-0.2, -0.15) is 0 Å². The van der Waals surface area contributed by atoms with Gasteiger partial charge in [-0.15, -0.1) is 0 Å². The minimum absolute atomic E-state index is 1.24. The minimum atomic E-state index is 1.24. The molecule has 0 radical (unpaired) electrons. The molecule has 65 heavy (non-hydrogen) atoms. The molecule has 378 valence electrons. The van der Waals surface area contributed by atoms with Crippen molar-refractivity contribution in [2.45, 2.75) is 316 Å². The van der Waals surface area contributed by atoms with Gasteiger partial charge >= 0.3 is 0 Å². The molecule has 0 saturated heterocycles. The summed E-state index contributed by atoms with van der Waals surface area (Å²) in [4.78, 5) is 0. The van der Waals surface area contributed by atoms with Crippen LogP contribution in [0.4, 0.5) is 0 Å². The average Bonchev–Trinajstić information content (AvgIpc) is 3.32. The first-order chi connectivity index (χ1) is 32.3. The van der Waals surface area contributed by atoms with Crippen molar-refractivity contribution >= 4 is 0 Å². The molecule has 1 rings (SSSR count). The monoisotopic (exact) mass is 901 g/mol. The molecule has 0 aromatic heterocycles. The first kappa shape index (κ1) is 61.4. The van der Waals surface area contributed by atoms with Crippen molar-refractivity contribution in [1.29, 1.82) is 0 Å². The van der Waals surface area contributed by atoms with Gasteiger partial charge in [0.25, 0.3) is 0 Å². The summed E-state index contributed by atoms with van der Waals surface area (Å²) in [5.41, 5.74) is 1.57. The van der Waals surface area contributed by atoms with E-state index < -0.39 is 0 Å². The molecule has 1 heteroatoms. The largest absolute Gasteiger partial charge is 0.320 e. The lowest BCUT2D eigenvalue weighted by atomic mass is 10.0. The fourth-order valence-electron chi connectivity index (χ4n) is 10.2. The van der Waals surface area contributed by atoms with Gasteiger partial charge in [0.2, 0.25) is 0 Å². The molecular weight excluding hydrogens is 783 g/mol. The Morgan fingerprint density at radius 2 is 0.477 bits per heavy atom. The van der Waals surface area contributed by atoms with Crippen LogP contribution in [0, 0.1) is 0 Å². The lowest BCUT2D eigenvalue weighted by molar-refractivity contribution is -0.941. The Morgan fingerprint density at radius 3 is 0.723 bits per heavy atom. The molecule has 0 aliphatic rings. The Morgan fingerprint density at radius 1 is 0.262 bits per heavy atom. The van der Waals surface area contributed by atoms with Crippen LogP contribution in [0.15, 0.2) is 66.8 Å². The number of allylic oxidation sites excluding steroid dienone is 6. The predicted molar refractivity (Wildman–Crippen MR) is 297 cm³/mol. The third kappa shape index (κ3) is 44.7. The van der Waals surface area contributed by atoms with Crippen molar-refractivity contribution in [3.05, 3.63) is 72.4 Å². The maximum atomic E-state index is 2.47. The highest BCUT2D eigenvalue weighted by Crippen LogP contribution is 2.23. The Kier molecular flexibility index (Phi) is 48.9. The maximum absolute atomic E-state index is 2.47. The quantitative estimate of drug-likeness (QED) is 0.0347. The smallest absolute Gasteiger partial charge is 0.104 e. The van der Waals surface area contributed by atoms with Crippen molar-refractivity contribution in [1.82, 2.24) is 0 Å². The summed E-state index contributed by atoms with van der Waals surface area (Å²) in [7, 11) is 0. The average molecular weight is 902 g/mol. The summed E-state index contributed by atoms with van der Waals surface area (Å²) in [6.07, 6.45) is 77.8. The second-order valence-electron chi connectivity index (χ2n) is 21.0. The molecule has 0 atom stereocenters. The van der Waals surface area contributed by atoms with Crippen LogP contribution in [0.25, 0.3) is 0 Å². The van der Waals surface area contributed by atoms with Gasteiger partial charge in [-0.1, -0.05) is 261 Å². The van der Waals surface area contributed by atoms with Crippen LogP contribution < -0.4 is 0 Å². The van der Waals surface area contributed by atoms with Crippen LogP contribution in [-0.4, -0.2) is 24.1 Å². The van der Waals surface area contributed by atoms with E-state index in [0.29, 0.717) is 0 Å². The highest BCUT2D eigenvalue weighted by molar-refractivity contribution is 5.13. The van der Waals surface area contributed by atoms with Crippen LogP contribution in [0.3, 0.4) is 0 Å². The second kappa shape index (κ2) is 51.8. The Bertz CT molecular complexity index is 1010. The molecule has 0 heterocycles. The van der Waals surface area contributed by atoms with Gasteiger partial charge in [0.05, 0.1) is 19.6 Å². The van der Waals surface area contributed by atoms with E-state index in [2.05, 4.69) is 87.6 Å². The molecule has 0 aliphatic heterocycles. The first-order valence-corrected chi connectivity index (χ1v) is 30.1. The highest BCUT2D eigenvalue weighted by Gasteiger charge is 2.26. The van der Waals surface area contributed by atoms with Gasteiger partial charge in [-0.25, -0.2) is 0 Å². The number of quaternary nitrogens is 1. The molecule has 0 spiro atoms. The van der Waals surface area contributed by atoms with E-state index in [1.807, 2.05) is 0 Å². The Labute approximate surface area is 410 Å². The zero-order valence-corrected chi connectivity index (χ0v) is 44.9.